The van der Waals surface area contributed by atoms with Crippen molar-refractivity contribution in [1.82, 2.24) is 4.90 Å². The molecule has 0 spiro atoms. The quantitative estimate of drug-likeness (QED) is 0.782. The topological polar surface area (TPSA) is 61.8 Å². The Morgan fingerprint density at radius 1 is 1.25 bits per heavy atom. The lowest BCUT2D eigenvalue weighted by Crippen LogP contribution is -2.30. The summed E-state index contributed by atoms with van der Waals surface area (Å²) in [6.45, 7) is 3.97. The lowest BCUT2D eigenvalue weighted by molar-refractivity contribution is -0.127. The number of amidine groups is 1. The number of amides is 2. The van der Waals surface area contributed by atoms with E-state index in [9.17, 15) is 14.0 Å². The van der Waals surface area contributed by atoms with Crippen molar-refractivity contribution in [1.29, 1.82) is 0 Å². The average Bonchev–Trinajstić information content (AvgIpc) is 2.89. The van der Waals surface area contributed by atoms with Gasteiger partial charge in [-0.15, -0.1) is 0 Å². The van der Waals surface area contributed by atoms with Gasteiger partial charge in [-0.25, -0.2) is 9.38 Å². The van der Waals surface area contributed by atoms with Gasteiger partial charge < -0.3 is 5.32 Å². The van der Waals surface area contributed by atoms with Gasteiger partial charge in [-0.05, 0) is 55.3 Å². The molecule has 1 saturated heterocycles. The van der Waals surface area contributed by atoms with Gasteiger partial charge in [0.2, 0.25) is 11.8 Å². The first-order valence-electron chi connectivity index (χ1n) is 8.59. The van der Waals surface area contributed by atoms with Gasteiger partial charge in [0.05, 0.1) is 10.7 Å². The zero-order valence-electron chi connectivity index (χ0n) is 15.6. The van der Waals surface area contributed by atoms with E-state index in [4.69, 9.17) is 11.6 Å². The number of nitrogens with zero attached hydrogens (tertiary/aromatic N) is 2. The highest BCUT2D eigenvalue weighted by molar-refractivity contribution is 8.15. The molecule has 1 unspecified atom stereocenters. The second-order valence-corrected chi connectivity index (χ2v) is 8.12. The Labute approximate surface area is 172 Å². The summed E-state index contributed by atoms with van der Waals surface area (Å²) in [5.74, 6) is -0.976. The Hall–Kier alpha value is -2.38. The molecule has 1 aliphatic rings. The molecule has 28 heavy (non-hydrogen) atoms. The summed E-state index contributed by atoms with van der Waals surface area (Å²) in [5, 5.41) is 2.67. The van der Waals surface area contributed by atoms with Crippen molar-refractivity contribution in [2.75, 3.05) is 12.4 Å². The summed E-state index contributed by atoms with van der Waals surface area (Å²) >= 11 is 6.98. The van der Waals surface area contributed by atoms with Gasteiger partial charge in [-0.2, -0.15) is 0 Å². The number of nitrogens with one attached hydrogen (secondary N) is 1. The first-order chi connectivity index (χ1) is 13.2. The molecular weight excluding hydrogens is 401 g/mol. The first-order valence-corrected chi connectivity index (χ1v) is 9.85. The van der Waals surface area contributed by atoms with Crippen molar-refractivity contribution >= 4 is 51.7 Å². The first kappa shape index (κ1) is 20.4. The number of benzene rings is 2. The number of hydrogen-bond donors (Lipinski definition) is 1. The van der Waals surface area contributed by atoms with Crippen molar-refractivity contribution in [3.05, 3.63) is 58.4 Å². The smallest absolute Gasteiger partial charge is 0.242 e. The number of aliphatic imine (C=N–C) groups is 1. The van der Waals surface area contributed by atoms with Gasteiger partial charge in [0.1, 0.15) is 11.1 Å². The van der Waals surface area contributed by atoms with E-state index in [1.54, 1.807) is 7.05 Å². The second kappa shape index (κ2) is 8.32. The van der Waals surface area contributed by atoms with E-state index in [-0.39, 0.29) is 23.3 Å². The largest absolute Gasteiger partial charge is 0.326 e. The summed E-state index contributed by atoms with van der Waals surface area (Å²) in [5.41, 5.74) is 3.36. The fourth-order valence-corrected chi connectivity index (χ4v) is 3.99. The molecule has 0 bridgehead atoms. The fourth-order valence-electron chi connectivity index (χ4n) is 2.66. The molecule has 1 N–H and O–H groups in total. The number of rotatable bonds is 4. The van der Waals surface area contributed by atoms with Gasteiger partial charge in [0.25, 0.3) is 0 Å². The van der Waals surface area contributed by atoms with Gasteiger partial charge in [0, 0.05) is 19.2 Å². The van der Waals surface area contributed by atoms with Crippen LogP contribution in [0, 0.1) is 19.7 Å². The van der Waals surface area contributed by atoms with E-state index in [1.807, 2.05) is 32.0 Å². The van der Waals surface area contributed by atoms with Crippen LogP contribution < -0.4 is 5.32 Å². The molecule has 1 heterocycles. The molecule has 1 aliphatic heterocycles. The molecule has 2 amide bonds. The molecule has 8 heteroatoms. The Bertz CT molecular complexity index is 980. The lowest BCUT2D eigenvalue weighted by atomic mass is 10.1. The van der Waals surface area contributed by atoms with Gasteiger partial charge in [-0.3, -0.25) is 14.5 Å². The third-order valence-electron chi connectivity index (χ3n) is 4.43. The van der Waals surface area contributed by atoms with Crippen LogP contribution in [-0.2, 0) is 9.59 Å². The second-order valence-electron chi connectivity index (χ2n) is 6.55. The highest BCUT2D eigenvalue weighted by atomic mass is 35.5. The zero-order valence-corrected chi connectivity index (χ0v) is 17.2. The van der Waals surface area contributed by atoms with Crippen LogP contribution in [0.4, 0.5) is 15.8 Å². The molecule has 1 atom stereocenters. The fraction of sp³-hybridized carbons (Fsp3) is 0.250. The number of anilines is 1. The van der Waals surface area contributed by atoms with E-state index >= 15 is 0 Å². The summed E-state index contributed by atoms with van der Waals surface area (Å²) in [6.07, 6.45) is 0.0317. The Morgan fingerprint density at radius 2 is 2.00 bits per heavy atom. The van der Waals surface area contributed by atoms with Gasteiger partial charge in [0.15, 0.2) is 5.17 Å². The van der Waals surface area contributed by atoms with Gasteiger partial charge in [-0.1, -0.05) is 29.4 Å². The Balaban J connectivity index is 1.68. The average molecular weight is 420 g/mol. The van der Waals surface area contributed by atoms with Crippen LogP contribution in [0.2, 0.25) is 5.02 Å². The zero-order chi connectivity index (χ0) is 20.4. The maximum Gasteiger partial charge on any atom is 0.242 e. The minimum absolute atomic E-state index is 0.0317. The van der Waals surface area contributed by atoms with Crippen LogP contribution in [0.1, 0.15) is 17.5 Å². The van der Waals surface area contributed by atoms with Crippen molar-refractivity contribution in [3.8, 4) is 0 Å². The molecule has 146 valence electrons. The summed E-state index contributed by atoms with van der Waals surface area (Å²) in [7, 11) is 1.60. The van der Waals surface area contributed by atoms with Crippen LogP contribution in [0.5, 0.6) is 0 Å². The van der Waals surface area contributed by atoms with E-state index in [2.05, 4.69) is 10.3 Å². The molecule has 0 radical (unpaired) electrons. The van der Waals surface area contributed by atoms with Crippen molar-refractivity contribution in [3.63, 3.8) is 0 Å². The number of halogens is 2. The molecule has 1 fully saturated rings. The maximum absolute atomic E-state index is 13.3. The molecule has 0 aromatic heterocycles. The van der Waals surface area contributed by atoms with Crippen molar-refractivity contribution in [2.45, 2.75) is 25.5 Å². The molecular formula is C20H19ClFN3O2S. The lowest BCUT2D eigenvalue weighted by Gasteiger charge is -2.10. The number of aryl methyl sites for hydroxylation is 2. The number of hydrogen-bond acceptors (Lipinski definition) is 4. The normalized spacial score (nSPS) is 18.0. The minimum Gasteiger partial charge on any atom is -0.326 e. The Morgan fingerprint density at radius 3 is 2.68 bits per heavy atom. The maximum atomic E-state index is 13.3. The van der Waals surface area contributed by atoms with Crippen molar-refractivity contribution < 1.29 is 14.0 Å². The van der Waals surface area contributed by atoms with Gasteiger partial charge >= 0.3 is 0 Å². The summed E-state index contributed by atoms with van der Waals surface area (Å²) in [6, 6.07) is 9.76. The summed E-state index contributed by atoms with van der Waals surface area (Å²) < 4.78 is 13.3. The van der Waals surface area contributed by atoms with Crippen molar-refractivity contribution in [2.24, 2.45) is 4.99 Å². The number of carbonyl (C=O) groups is 2. The highest BCUT2D eigenvalue weighted by Crippen LogP contribution is 2.31. The molecule has 3 rings (SSSR count). The van der Waals surface area contributed by atoms with Crippen LogP contribution >= 0.6 is 23.4 Å². The van der Waals surface area contributed by atoms with E-state index in [1.165, 1.54) is 34.9 Å². The van der Waals surface area contributed by atoms with E-state index < -0.39 is 11.1 Å². The molecule has 2 aromatic rings. The highest BCUT2D eigenvalue weighted by Gasteiger charge is 2.37. The molecule has 2 aromatic carbocycles. The van der Waals surface area contributed by atoms with Crippen LogP contribution in [0.15, 0.2) is 41.4 Å². The Kier molecular flexibility index (Phi) is 6.05. The summed E-state index contributed by atoms with van der Waals surface area (Å²) in [4.78, 5) is 30.6. The SMILES string of the molecule is Cc1ccc(NC(=O)CC2SC(=Nc3ccc(F)c(Cl)c3)N(C)C2=O)cc1C. The van der Waals surface area contributed by atoms with E-state index in [0.29, 0.717) is 16.5 Å². The van der Waals surface area contributed by atoms with Crippen LogP contribution in [0.25, 0.3) is 0 Å². The number of thioether (sulfide) groups is 1. The van der Waals surface area contributed by atoms with Crippen LogP contribution in [-0.4, -0.2) is 34.2 Å². The third-order valence-corrected chi connectivity index (χ3v) is 5.95. The molecule has 0 saturated carbocycles. The minimum atomic E-state index is -0.564. The third kappa shape index (κ3) is 4.54. The monoisotopic (exact) mass is 419 g/mol. The predicted octanol–water partition coefficient (Wildman–Crippen LogP) is 4.69. The standard InChI is InChI=1S/C20H19ClFN3O2S/c1-11-4-5-13(8-12(11)2)23-18(26)10-17-19(27)25(3)20(28-17)24-14-6-7-16(22)15(21)9-14/h4-9,17H,10H2,1-3H3,(H,23,26). The number of carbonyl (C=O) groups excluding carboxylic acids is 2. The van der Waals surface area contributed by atoms with E-state index in [0.717, 1.165) is 11.1 Å². The van der Waals surface area contributed by atoms with Crippen LogP contribution in [0.3, 0.4) is 0 Å². The molecule has 0 aliphatic carbocycles. The predicted molar refractivity (Wildman–Crippen MR) is 112 cm³/mol. The molecule has 5 nitrogen and oxygen atoms in total.